The molecule has 0 fully saturated rings. The third-order valence-electron chi connectivity index (χ3n) is 3.47. The Morgan fingerprint density at radius 1 is 1.29 bits per heavy atom. The second kappa shape index (κ2) is 7.52. The van der Waals surface area contributed by atoms with Crippen LogP contribution >= 0.6 is 11.5 Å². The molecule has 0 saturated heterocycles. The fourth-order valence-electron chi connectivity index (χ4n) is 2.28. The highest BCUT2D eigenvalue weighted by atomic mass is 32.1. The van der Waals surface area contributed by atoms with Crippen LogP contribution < -0.4 is 5.32 Å². The van der Waals surface area contributed by atoms with Crippen LogP contribution in [0.3, 0.4) is 0 Å². The molecule has 1 aromatic heterocycles. The molecule has 1 heterocycles. The first-order valence-electron chi connectivity index (χ1n) is 7.25. The lowest BCUT2D eigenvalue weighted by Crippen LogP contribution is -2.17. The Balaban J connectivity index is 2.13. The molecule has 0 bridgehead atoms. The Morgan fingerprint density at radius 2 is 2.05 bits per heavy atom. The molecule has 0 aliphatic carbocycles. The zero-order valence-corrected chi connectivity index (χ0v) is 13.9. The van der Waals surface area contributed by atoms with Gasteiger partial charge in [-0.05, 0) is 24.0 Å². The number of nitrogens with zero attached hydrogens (tertiary/aromatic N) is 2. The highest BCUT2D eigenvalue weighted by molar-refractivity contribution is 7.09. The van der Waals surface area contributed by atoms with E-state index < -0.39 is 0 Å². The molecule has 2 rings (SSSR count). The van der Waals surface area contributed by atoms with Gasteiger partial charge >= 0.3 is 0 Å². The van der Waals surface area contributed by atoms with Crippen LogP contribution in [0.5, 0.6) is 0 Å². The van der Waals surface area contributed by atoms with Gasteiger partial charge < -0.3 is 10.1 Å². The summed E-state index contributed by atoms with van der Waals surface area (Å²) in [7, 11) is 1.69. The summed E-state index contributed by atoms with van der Waals surface area (Å²) in [5.74, 6) is 1.31. The van der Waals surface area contributed by atoms with Crippen molar-refractivity contribution in [2.45, 2.75) is 33.2 Å². The number of rotatable bonds is 7. The fraction of sp³-hybridized carbons (Fsp3) is 0.500. The summed E-state index contributed by atoms with van der Waals surface area (Å²) in [6.07, 6.45) is 0.755. The van der Waals surface area contributed by atoms with Gasteiger partial charge in [0.2, 0.25) is 5.13 Å². The second-order valence-corrected chi connectivity index (χ2v) is 6.23. The zero-order valence-electron chi connectivity index (χ0n) is 13.1. The molecule has 2 aromatic rings. The summed E-state index contributed by atoms with van der Waals surface area (Å²) in [6, 6.07) is 8.73. The van der Waals surface area contributed by atoms with E-state index in [1.165, 1.54) is 22.7 Å². The fourth-order valence-corrected chi connectivity index (χ4v) is 2.93. The van der Waals surface area contributed by atoms with Gasteiger partial charge in [-0.25, -0.2) is 4.98 Å². The minimum absolute atomic E-state index is 0.245. The predicted octanol–water partition coefficient (Wildman–Crippen LogP) is 3.84. The van der Waals surface area contributed by atoms with Crippen molar-refractivity contribution in [3.05, 3.63) is 41.2 Å². The minimum Gasteiger partial charge on any atom is -0.384 e. The lowest BCUT2D eigenvalue weighted by molar-refractivity contribution is 0.201. The molecule has 0 saturated carbocycles. The monoisotopic (exact) mass is 305 g/mol. The number of nitrogens with one attached hydrogen (secondary N) is 1. The molecule has 0 spiro atoms. The SMILES string of the molecule is COCCc1nsc(NC(c2ccccc2C)C(C)C)n1. The van der Waals surface area contributed by atoms with Gasteiger partial charge in [-0.3, -0.25) is 0 Å². The molecule has 21 heavy (non-hydrogen) atoms. The predicted molar refractivity (Wildman–Crippen MR) is 87.9 cm³/mol. The zero-order chi connectivity index (χ0) is 15.2. The van der Waals surface area contributed by atoms with Crippen molar-refractivity contribution in [1.82, 2.24) is 9.36 Å². The average Bonchev–Trinajstić information content (AvgIpc) is 2.91. The van der Waals surface area contributed by atoms with Crippen LogP contribution in [-0.2, 0) is 11.2 Å². The largest absolute Gasteiger partial charge is 0.384 e. The van der Waals surface area contributed by atoms with Crippen molar-refractivity contribution in [3.8, 4) is 0 Å². The van der Waals surface area contributed by atoms with Crippen LogP contribution in [0.15, 0.2) is 24.3 Å². The quantitative estimate of drug-likeness (QED) is 0.844. The van der Waals surface area contributed by atoms with Gasteiger partial charge in [-0.2, -0.15) is 4.37 Å². The summed E-state index contributed by atoms with van der Waals surface area (Å²) in [6.45, 7) is 7.24. The molecule has 0 aliphatic rings. The molecular formula is C16H23N3OS. The van der Waals surface area contributed by atoms with Crippen molar-refractivity contribution in [3.63, 3.8) is 0 Å². The van der Waals surface area contributed by atoms with E-state index in [0.717, 1.165) is 17.4 Å². The Kier molecular flexibility index (Phi) is 5.70. The first kappa shape index (κ1) is 15.9. The van der Waals surface area contributed by atoms with Crippen LogP contribution in [0, 0.1) is 12.8 Å². The smallest absolute Gasteiger partial charge is 0.203 e. The maximum atomic E-state index is 5.06. The second-order valence-electron chi connectivity index (χ2n) is 5.48. The Bertz CT molecular complexity index is 568. The third kappa shape index (κ3) is 4.25. The molecule has 0 amide bonds. The number of aryl methyl sites for hydroxylation is 1. The molecule has 1 atom stereocenters. The van der Waals surface area contributed by atoms with E-state index in [1.807, 2.05) is 0 Å². The van der Waals surface area contributed by atoms with Gasteiger partial charge in [-0.1, -0.05) is 38.1 Å². The van der Waals surface area contributed by atoms with Crippen LogP contribution in [0.1, 0.15) is 36.8 Å². The Hall–Kier alpha value is -1.46. The van der Waals surface area contributed by atoms with Crippen molar-refractivity contribution >= 4 is 16.7 Å². The van der Waals surface area contributed by atoms with E-state index in [-0.39, 0.29) is 6.04 Å². The van der Waals surface area contributed by atoms with Gasteiger partial charge in [0.05, 0.1) is 12.6 Å². The highest BCUT2D eigenvalue weighted by Crippen LogP contribution is 2.29. The summed E-state index contributed by atoms with van der Waals surface area (Å²) in [4.78, 5) is 4.54. The van der Waals surface area contributed by atoms with Crippen LogP contribution in [0.25, 0.3) is 0 Å². The van der Waals surface area contributed by atoms with Crippen molar-refractivity contribution in [2.24, 2.45) is 5.92 Å². The molecule has 114 valence electrons. The topological polar surface area (TPSA) is 47.0 Å². The number of hydrogen-bond acceptors (Lipinski definition) is 5. The maximum Gasteiger partial charge on any atom is 0.203 e. The number of anilines is 1. The van der Waals surface area contributed by atoms with Gasteiger partial charge in [0.25, 0.3) is 0 Å². The first-order chi connectivity index (χ1) is 10.1. The van der Waals surface area contributed by atoms with Crippen LogP contribution in [0.4, 0.5) is 5.13 Å². The van der Waals surface area contributed by atoms with Gasteiger partial charge in [0.1, 0.15) is 5.82 Å². The van der Waals surface area contributed by atoms with E-state index in [2.05, 4.69) is 59.7 Å². The summed E-state index contributed by atoms with van der Waals surface area (Å²) in [5.41, 5.74) is 2.62. The lowest BCUT2D eigenvalue weighted by atomic mass is 9.93. The van der Waals surface area contributed by atoms with Gasteiger partial charge in [-0.15, -0.1) is 0 Å². The standard InChI is InChI=1S/C16H23N3OS/c1-11(2)15(13-8-6-5-7-12(13)3)18-16-17-14(19-21-16)9-10-20-4/h5-8,11,15H,9-10H2,1-4H3,(H,17,18,19). The summed E-state index contributed by atoms with van der Waals surface area (Å²) >= 11 is 1.42. The van der Waals surface area contributed by atoms with Gasteiger partial charge in [0.15, 0.2) is 0 Å². The maximum absolute atomic E-state index is 5.06. The van der Waals surface area contributed by atoms with Crippen molar-refractivity contribution in [2.75, 3.05) is 19.0 Å². The normalized spacial score (nSPS) is 12.6. The number of methoxy groups -OCH3 is 1. The summed E-state index contributed by atoms with van der Waals surface area (Å²) < 4.78 is 9.43. The molecule has 0 radical (unpaired) electrons. The molecule has 1 aromatic carbocycles. The van der Waals surface area contributed by atoms with Gasteiger partial charge in [0, 0.05) is 25.1 Å². The molecule has 1 unspecified atom stereocenters. The number of benzene rings is 1. The molecule has 4 nitrogen and oxygen atoms in total. The van der Waals surface area contributed by atoms with E-state index in [9.17, 15) is 0 Å². The molecule has 1 N–H and O–H groups in total. The first-order valence-corrected chi connectivity index (χ1v) is 8.02. The average molecular weight is 305 g/mol. The van der Waals surface area contributed by atoms with Crippen LogP contribution in [0.2, 0.25) is 0 Å². The third-order valence-corrected chi connectivity index (χ3v) is 4.15. The van der Waals surface area contributed by atoms with Crippen LogP contribution in [-0.4, -0.2) is 23.1 Å². The number of hydrogen-bond donors (Lipinski definition) is 1. The Morgan fingerprint density at radius 3 is 2.71 bits per heavy atom. The number of ether oxygens (including phenoxy) is 1. The lowest BCUT2D eigenvalue weighted by Gasteiger charge is -2.24. The van der Waals surface area contributed by atoms with E-state index in [0.29, 0.717) is 12.5 Å². The molecule has 5 heteroatoms. The van der Waals surface area contributed by atoms with E-state index >= 15 is 0 Å². The minimum atomic E-state index is 0.245. The highest BCUT2D eigenvalue weighted by Gasteiger charge is 2.19. The summed E-state index contributed by atoms with van der Waals surface area (Å²) in [5, 5.41) is 4.41. The molecule has 0 aliphatic heterocycles. The van der Waals surface area contributed by atoms with Crippen molar-refractivity contribution in [1.29, 1.82) is 0 Å². The van der Waals surface area contributed by atoms with E-state index in [1.54, 1.807) is 7.11 Å². The Labute approximate surface area is 130 Å². The van der Waals surface area contributed by atoms with E-state index in [4.69, 9.17) is 4.74 Å². The van der Waals surface area contributed by atoms with Crippen molar-refractivity contribution < 1.29 is 4.74 Å². The molecular weight excluding hydrogens is 282 g/mol. The number of aromatic nitrogens is 2.